The van der Waals surface area contributed by atoms with Gasteiger partial charge in [-0.1, -0.05) is 0 Å². The van der Waals surface area contributed by atoms with E-state index in [0.717, 1.165) is 4.31 Å². The maximum Gasteiger partial charge on any atom is 0.261 e. The Morgan fingerprint density at radius 1 is 1.64 bits per heavy atom. The van der Waals surface area contributed by atoms with Crippen molar-refractivity contribution in [3.05, 3.63) is 12.5 Å². The summed E-state index contributed by atoms with van der Waals surface area (Å²) in [4.78, 5) is 5.95. The molecule has 0 fully saturated rings. The highest BCUT2D eigenvalue weighted by atomic mass is 32.2. The van der Waals surface area contributed by atoms with Crippen LogP contribution >= 0.6 is 0 Å². The molecule has 1 rings (SSSR count). The molecule has 1 aromatic heterocycles. The Morgan fingerprint density at radius 2 is 2.27 bits per heavy atom. The maximum atomic E-state index is 11.2. The number of hydrogen-bond acceptors (Lipinski definition) is 3. The number of aromatic amines is 1. The average Bonchev–Trinajstić information content (AvgIpc) is 2.37. The normalized spacial score (nSPS) is 12.3. The lowest BCUT2D eigenvalue weighted by Crippen LogP contribution is -2.22. The smallest absolute Gasteiger partial charge is 0.261 e. The van der Waals surface area contributed by atoms with E-state index < -0.39 is 10.0 Å². The van der Waals surface area contributed by atoms with Crippen molar-refractivity contribution in [2.24, 2.45) is 0 Å². The SMILES string of the molecule is CN(C)S(=O)(=O)c1c[nH][c]n1. The van der Waals surface area contributed by atoms with Gasteiger partial charge >= 0.3 is 0 Å². The van der Waals surface area contributed by atoms with Crippen molar-refractivity contribution < 1.29 is 8.42 Å². The Balaban J connectivity index is 3.12. The Hall–Kier alpha value is -0.880. The molecule has 1 aromatic rings. The zero-order valence-electron chi connectivity index (χ0n) is 6.20. The Morgan fingerprint density at radius 3 is 2.64 bits per heavy atom. The van der Waals surface area contributed by atoms with Crippen LogP contribution in [0.1, 0.15) is 0 Å². The molecule has 0 saturated heterocycles. The monoisotopic (exact) mass is 174 g/mol. The number of aromatic nitrogens is 2. The van der Waals surface area contributed by atoms with E-state index in [1.807, 2.05) is 0 Å². The van der Waals surface area contributed by atoms with E-state index in [1.165, 1.54) is 20.3 Å². The van der Waals surface area contributed by atoms with Gasteiger partial charge in [0.15, 0.2) is 11.4 Å². The van der Waals surface area contributed by atoms with Gasteiger partial charge < -0.3 is 4.98 Å². The second-order valence-corrected chi connectivity index (χ2v) is 4.24. The van der Waals surface area contributed by atoms with Gasteiger partial charge in [0, 0.05) is 20.3 Å². The maximum absolute atomic E-state index is 11.2. The second kappa shape index (κ2) is 2.63. The summed E-state index contributed by atoms with van der Waals surface area (Å²) in [5, 5.41) is -0.0116. The molecule has 0 spiro atoms. The summed E-state index contributed by atoms with van der Waals surface area (Å²) in [5.41, 5.74) is 0. The van der Waals surface area contributed by atoms with Gasteiger partial charge in [0.1, 0.15) is 0 Å². The topological polar surface area (TPSA) is 66.1 Å². The minimum absolute atomic E-state index is 0.0116. The molecule has 0 atom stereocenters. The lowest BCUT2D eigenvalue weighted by molar-refractivity contribution is 0.517. The molecule has 0 aliphatic carbocycles. The van der Waals surface area contributed by atoms with Crippen LogP contribution in [0.4, 0.5) is 0 Å². The number of hydrogen-bond donors (Lipinski definition) is 1. The van der Waals surface area contributed by atoms with Gasteiger partial charge in [0.05, 0.1) is 0 Å². The summed E-state index contributed by atoms with van der Waals surface area (Å²) in [5.74, 6) is 0. The molecule has 0 aliphatic heterocycles. The fourth-order valence-corrected chi connectivity index (χ4v) is 1.28. The Kier molecular flexibility index (Phi) is 1.97. The third-order valence-electron chi connectivity index (χ3n) is 1.17. The van der Waals surface area contributed by atoms with Crippen LogP contribution in [-0.4, -0.2) is 36.8 Å². The predicted molar refractivity (Wildman–Crippen MR) is 38.3 cm³/mol. The summed E-state index contributed by atoms with van der Waals surface area (Å²) in [7, 11) is -0.477. The molecule has 0 saturated carbocycles. The molecular weight excluding hydrogens is 166 g/mol. The molecule has 6 heteroatoms. The molecular formula is C5H8N3O2S. The van der Waals surface area contributed by atoms with Crippen LogP contribution in [0.5, 0.6) is 0 Å². The van der Waals surface area contributed by atoms with Crippen molar-refractivity contribution in [1.29, 1.82) is 0 Å². The first-order valence-electron chi connectivity index (χ1n) is 2.89. The number of sulfonamides is 1. The van der Waals surface area contributed by atoms with E-state index in [9.17, 15) is 8.42 Å². The fourth-order valence-electron chi connectivity index (χ4n) is 0.533. The van der Waals surface area contributed by atoms with Crippen LogP contribution in [-0.2, 0) is 10.0 Å². The number of imidazole rings is 1. The van der Waals surface area contributed by atoms with Gasteiger partial charge in [0.25, 0.3) is 10.0 Å². The summed E-state index contributed by atoms with van der Waals surface area (Å²) in [6.07, 6.45) is 3.60. The number of nitrogens with zero attached hydrogens (tertiary/aromatic N) is 2. The molecule has 1 radical (unpaired) electrons. The van der Waals surface area contributed by atoms with Gasteiger partial charge in [0.2, 0.25) is 0 Å². The van der Waals surface area contributed by atoms with Crippen molar-refractivity contribution in [2.75, 3.05) is 14.1 Å². The first-order valence-corrected chi connectivity index (χ1v) is 4.33. The predicted octanol–water partition coefficient (Wildman–Crippen LogP) is -0.540. The van der Waals surface area contributed by atoms with E-state index in [4.69, 9.17) is 0 Å². The molecule has 0 unspecified atom stereocenters. The minimum Gasteiger partial charge on any atom is -0.341 e. The van der Waals surface area contributed by atoms with Crippen LogP contribution < -0.4 is 0 Å². The standard InChI is InChI=1S/C5H8N3O2S/c1-8(2)11(9,10)5-3-6-4-7-5/h3H,1-2H3,(H,6,7). The Labute approximate surface area is 65.1 Å². The summed E-state index contributed by atoms with van der Waals surface area (Å²) >= 11 is 0. The molecule has 1 N–H and O–H groups in total. The third-order valence-corrected chi connectivity index (χ3v) is 2.87. The van der Waals surface area contributed by atoms with Gasteiger partial charge in [-0.2, -0.15) is 0 Å². The minimum atomic E-state index is -3.37. The van der Waals surface area contributed by atoms with E-state index in [1.54, 1.807) is 0 Å². The van der Waals surface area contributed by atoms with Crippen LogP contribution in [0.3, 0.4) is 0 Å². The van der Waals surface area contributed by atoms with Crippen molar-refractivity contribution in [1.82, 2.24) is 14.3 Å². The number of rotatable bonds is 2. The highest BCUT2D eigenvalue weighted by Gasteiger charge is 2.18. The highest BCUT2D eigenvalue weighted by molar-refractivity contribution is 7.89. The first kappa shape index (κ1) is 8.22. The van der Waals surface area contributed by atoms with Gasteiger partial charge in [-0.05, 0) is 0 Å². The largest absolute Gasteiger partial charge is 0.341 e. The quantitative estimate of drug-likeness (QED) is 0.654. The number of H-pyrrole nitrogens is 1. The molecule has 61 valence electrons. The second-order valence-electron chi connectivity index (χ2n) is 2.14. The molecule has 11 heavy (non-hydrogen) atoms. The van der Waals surface area contributed by atoms with Gasteiger partial charge in [-0.15, -0.1) is 0 Å². The van der Waals surface area contributed by atoms with Gasteiger partial charge in [-0.3, -0.25) is 0 Å². The zero-order valence-corrected chi connectivity index (χ0v) is 7.01. The van der Waals surface area contributed by atoms with Crippen LogP contribution in [0.25, 0.3) is 0 Å². The molecule has 0 aromatic carbocycles. The summed E-state index contributed by atoms with van der Waals surface area (Å²) in [6, 6.07) is 0. The van der Waals surface area contributed by atoms with Crippen molar-refractivity contribution in [3.8, 4) is 0 Å². The Bertz CT molecular complexity index is 314. The lowest BCUT2D eigenvalue weighted by Gasteiger charge is -2.06. The van der Waals surface area contributed by atoms with E-state index in [2.05, 4.69) is 16.3 Å². The van der Waals surface area contributed by atoms with E-state index >= 15 is 0 Å². The molecule has 5 nitrogen and oxygen atoms in total. The van der Waals surface area contributed by atoms with Crippen LogP contribution in [0.15, 0.2) is 11.2 Å². The van der Waals surface area contributed by atoms with Crippen molar-refractivity contribution >= 4 is 10.0 Å². The first-order chi connectivity index (χ1) is 5.05. The van der Waals surface area contributed by atoms with Crippen LogP contribution in [0, 0.1) is 6.33 Å². The van der Waals surface area contributed by atoms with Crippen LogP contribution in [0.2, 0.25) is 0 Å². The molecule has 1 heterocycles. The summed E-state index contributed by atoms with van der Waals surface area (Å²) in [6.45, 7) is 0. The fraction of sp³-hybridized carbons (Fsp3) is 0.400. The molecule has 0 aliphatic rings. The lowest BCUT2D eigenvalue weighted by atomic mass is 11.0. The van der Waals surface area contributed by atoms with E-state index in [0.29, 0.717) is 0 Å². The third kappa shape index (κ3) is 1.41. The average molecular weight is 174 g/mol. The van der Waals surface area contributed by atoms with E-state index in [-0.39, 0.29) is 5.03 Å². The summed E-state index contributed by atoms with van der Waals surface area (Å²) < 4.78 is 23.5. The van der Waals surface area contributed by atoms with Crippen molar-refractivity contribution in [3.63, 3.8) is 0 Å². The van der Waals surface area contributed by atoms with Crippen molar-refractivity contribution in [2.45, 2.75) is 5.03 Å². The zero-order chi connectivity index (χ0) is 8.48. The molecule has 0 bridgehead atoms. The molecule has 0 amide bonds. The highest BCUT2D eigenvalue weighted by Crippen LogP contribution is 2.06. The van der Waals surface area contributed by atoms with Gasteiger partial charge in [-0.25, -0.2) is 17.7 Å². The number of nitrogens with one attached hydrogen (secondary N) is 1.